The van der Waals surface area contributed by atoms with Gasteiger partial charge in [-0.25, -0.2) is 9.18 Å². The molecule has 7 nitrogen and oxygen atoms in total. The Morgan fingerprint density at radius 3 is 2.73 bits per heavy atom. The van der Waals surface area contributed by atoms with E-state index < -0.39 is 11.8 Å². The number of hydrogen-bond acceptors (Lipinski definition) is 4. The van der Waals surface area contributed by atoms with Crippen LogP contribution in [0.5, 0.6) is 5.75 Å². The zero-order chi connectivity index (χ0) is 28.5. The van der Waals surface area contributed by atoms with Gasteiger partial charge in [0.2, 0.25) is 0 Å². The molecule has 0 bridgehead atoms. The molecule has 1 N–H and O–H groups in total. The number of ether oxygens (including phenoxy) is 2. The monoisotopic (exact) mass is 553 g/mol. The summed E-state index contributed by atoms with van der Waals surface area (Å²) in [6.07, 6.45) is 5.41. The third-order valence-corrected chi connectivity index (χ3v) is 7.79. The largest absolute Gasteiger partial charge is 0.493 e. The Labute approximate surface area is 237 Å². The molecule has 0 aliphatic carbocycles. The molecule has 3 aromatic carbocycles. The van der Waals surface area contributed by atoms with Crippen LogP contribution in [0.4, 0.5) is 4.39 Å². The van der Waals surface area contributed by atoms with Crippen LogP contribution in [0.3, 0.4) is 0 Å². The number of benzene rings is 3. The summed E-state index contributed by atoms with van der Waals surface area (Å²) in [6.45, 7) is 3.30. The fourth-order valence-electron chi connectivity index (χ4n) is 5.96. The topological polar surface area (TPSA) is 78.5 Å². The fraction of sp³-hybridized carbons (Fsp3) is 0.273. The quantitative estimate of drug-likeness (QED) is 0.179. The zero-order valence-electron chi connectivity index (χ0n) is 23.2. The number of aryl methyl sites for hydroxylation is 3. The van der Waals surface area contributed by atoms with E-state index in [1.54, 1.807) is 15.3 Å². The first-order chi connectivity index (χ1) is 20.0. The molecule has 8 heteroatoms. The van der Waals surface area contributed by atoms with E-state index in [9.17, 15) is 9.90 Å². The number of halogens is 1. The third-order valence-electron chi connectivity index (χ3n) is 7.79. The minimum atomic E-state index is -1.04. The van der Waals surface area contributed by atoms with Crippen LogP contribution < -0.4 is 4.74 Å². The molecule has 0 unspecified atom stereocenters. The average Bonchev–Trinajstić information content (AvgIpc) is 3.45. The Hall–Kier alpha value is -4.43. The van der Waals surface area contributed by atoms with Crippen molar-refractivity contribution >= 4 is 27.6 Å². The Morgan fingerprint density at radius 2 is 1.90 bits per heavy atom. The number of rotatable bonds is 7. The molecule has 3 heterocycles. The van der Waals surface area contributed by atoms with Crippen molar-refractivity contribution in [2.24, 2.45) is 7.05 Å². The van der Waals surface area contributed by atoms with Gasteiger partial charge in [0.25, 0.3) is 0 Å². The van der Waals surface area contributed by atoms with Gasteiger partial charge in [-0.2, -0.15) is 5.10 Å². The lowest BCUT2D eigenvalue weighted by Gasteiger charge is -2.13. The molecule has 6 rings (SSSR count). The van der Waals surface area contributed by atoms with Crippen LogP contribution in [-0.4, -0.2) is 38.6 Å². The summed E-state index contributed by atoms with van der Waals surface area (Å²) in [5.41, 5.74) is 4.00. The number of carbonyl (C=O) groups is 1. The SMILES string of the molecule is CCc1nn(C)c2c1-c1c(F)ccc3c(CCCOc4cccc5ccccc45)c(C(=O)O)n(c13)C/C=C\COC2. The predicted octanol–water partition coefficient (Wildman–Crippen LogP) is 6.69. The second-order valence-electron chi connectivity index (χ2n) is 10.2. The molecule has 0 saturated carbocycles. The van der Waals surface area contributed by atoms with Crippen LogP contribution in [0.15, 0.2) is 66.7 Å². The molecular formula is C33H32FN3O4. The standard InChI is InChI=1S/C33H32FN3O4/c1-3-26-30-27(36(2)35-26)20-40-18-7-6-17-37-31-24(15-16-25(34)29(30)31)23(32(37)33(38)39)13-9-19-41-28-14-8-11-21-10-4-5-12-22(21)28/h4-8,10-12,14-16H,3,9,13,17-20H2,1-2H3,(H,38,39)/b7-6-. The van der Waals surface area contributed by atoms with E-state index in [4.69, 9.17) is 9.47 Å². The Bertz CT molecular complexity index is 1790. The molecule has 0 fully saturated rings. The minimum Gasteiger partial charge on any atom is -0.493 e. The first kappa shape index (κ1) is 26.8. The maximum atomic E-state index is 15.9. The summed E-state index contributed by atoms with van der Waals surface area (Å²) in [5, 5.41) is 18.0. The number of aromatic carboxylic acids is 1. The maximum Gasteiger partial charge on any atom is 0.352 e. The number of nitrogens with zero attached hydrogens (tertiary/aromatic N) is 3. The summed E-state index contributed by atoms with van der Waals surface area (Å²) < 4.78 is 31.4. The summed E-state index contributed by atoms with van der Waals surface area (Å²) in [5.74, 6) is -0.656. The van der Waals surface area contributed by atoms with Crippen molar-refractivity contribution in [1.29, 1.82) is 0 Å². The van der Waals surface area contributed by atoms with Gasteiger partial charge in [-0.1, -0.05) is 55.5 Å². The van der Waals surface area contributed by atoms with E-state index in [-0.39, 0.29) is 18.8 Å². The highest BCUT2D eigenvalue weighted by Gasteiger charge is 2.29. The molecule has 0 amide bonds. The highest BCUT2D eigenvalue weighted by Crippen LogP contribution is 2.40. The van der Waals surface area contributed by atoms with E-state index in [1.807, 2.05) is 68.6 Å². The molecule has 0 saturated heterocycles. The van der Waals surface area contributed by atoms with Gasteiger partial charge in [-0.3, -0.25) is 4.68 Å². The van der Waals surface area contributed by atoms with Crippen LogP contribution in [0.25, 0.3) is 32.8 Å². The van der Waals surface area contributed by atoms with Gasteiger partial charge in [0.15, 0.2) is 0 Å². The van der Waals surface area contributed by atoms with Crippen molar-refractivity contribution in [3.05, 3.63) is 95.2 Å². The van der Waals surface area contributed by atoms with Crippen LogP contribution in [0.1, 0.15) is 40.8 Å². The Balaban J connectivity index is 1.45. The fourth-order valence-corrected chi connectivity index (χ4v) is 5.96. The van der Waals surface area contributed by atoms with Crippen molar-refractivity contribution in [1.82, 2.24) is 14.3 Å². The van der Waals surface area contributed by atoms with Crippen molar-refractivity contribution in [2.75, 3.05) is 13.2 Å². The molecule has 0 spiro atoms. The summed E-state index contributed by atoms with van der Waals surface area (Å²) in [4.78, 5) is 12.8. The number of fused-ring (bicyclic) bond motifs is 3. The van der Waals surface area contributed by atoms with Crippen LogP contribution in [0, 0.1) is 5.82 Å². The number of hydrogen-bond donors (Lipinski definition) is 1. The van der Waals surface area contributed by atoms with Gasteiger partial charge < -0.3 is 19.1 Å². The molecule has 2 aromatic heterocycles. The highest BCUT2D eigenvalue weighted by atomic mass is 19.1. The average molecular weight is 554 g/mol. The van der Waals surface area contributed by atoms with Crippen molar-refractivity contribution < 1.29 is 23.8 Å². The van der Waals surface area contributed by atoms with Gasteiger partial charge in [0.1, 0.15) is 17.3 Å². The molecule has 1 aliphatic heterocycles. The zero-order valence-corrected chi connectivity index (χ0v) is 23.2. The maximum absolute atomic E-state index is 15.9. The van der Waals surface area contributed by atoms with E-state index in [1.165, 1.54) is 6.07 Å². The van der Waals surface area contributed by atoms with Gasteiger partial charge in [-0.15, -0.1) is 0 Å². The molecular weight excluding hydrogens is 521 g/mol. The number of carboxylic acid groups (broad SMARTS) is 1. The van der Waals surface area contributed by atoms with Crippen molar-refractivity contribution in [3.63, 3.8) is 0 Å². The Morgan fingerprint density at radius 1 is 1.07 bits per heavy atom. The molecule has 210 valence electrons. The van der Waals surface area contributed by atoms with Gasteiger partial charge in [-0.05, 0) is 48.4 Å². The minimum absolute atomic E-state index is 0.172. The van der Waals surface area contributed by atoms with Crippen LogP contribution >= 0.6 is 0 Å². The van der Waals surface area contributed by atoms with E-state index in [0.717, 1.165) is 33.3 Å². The smallest absolute Gasteiger partial charge is 0.352 e. The number of aromatic nitrogens is 3. The Kier molecular flexibility index (Phi) is 7.32. The number of carboxylic acids is 1. The lowest BCUT2D eigenvalue weighted by molar-refractivity contribution is 0.0685. The summed E-state index contributed by atoms with van der Waals surface area (Å²) in [6, 6.07) is 17.2. The normalized spacial score (nSPS) is 14.1. The van der Waals surface area contributed by atoms with Crippen LogP contribution in [0.2, 0.25) is 0 Å². The van der Waals surface area contributed by atoms with E-state index in [0.29, 0.717) is 54.7 Å². The second-order valence-corrected chi connectivity index (χ2v) is 10.2. The van der Waals surface area contributed by atoms with E-state index >= 15 is 4.39 Å². The lowest BCUT2D eigenvalue weighted by Crippen LogP contribution is -2.11. The summed E-state index contributed by atoms with van der Waals surface area (Å²) >= 11 is 0. The molecule has 41 heavy (non-hydrogen) atoms. The van der Waals surface area contributed by atoms with Crippen molar-refractivity contribution in [2.45, 2.75) is 39.3 Å². The lowest BCUT2D eigenvalue weighted by atomic mass is 9.96. The first-order valence-electron chi connectivity index (χ1n) is 13.9. The molecule has 0 radical (unpaired) electrons. The van der Waals surface area contributed by atoms with Crippen LogP contribution in [-0.2, 0) is 37.8 Å². The second kappa shape index (κ2) is 11.2. The number of allylic oxidation sites excluding steroid dienone is 1. The van der Waals surface area contributed by atoms with Gasteiger partial charge in [0, 0.05) is 35.5 Å². The third kappa shape index (κ3) is 4.78. The predicted molar refractivity (Wildman–Crippen MR) is 157 cm³/mol. The van der Waals surface area contributed by atoms with Gasteiger partial charge in [0.05, 0.1) is 36.7 Å². The van der Waals surface area contributed by atoms with Gasteiger partial charge >= 0.3 is 5.97 Å². The van der Waals surface area contributed by atoms with Crippen molar-refractivity contribution in [3.8, 4) is 16.9 Å². The first-order valence-corrected chi connectivity index (χ1v) is 13.9. The molecule has 1 aliphatic rings. The highest BCUT2D eigenvalue weighted by molar-refractivity contribution is 6.04. The molecule has 0 atom stereocenters. The van der Waals surface area contributed by atoms with E-state index in [2.05, 4.69) is 5.10 Å². The molecule has 5 aromatic rings. The summed E-state index contributed by atoms with van der Waals surface area (Å²) in [7, 11) is 1.83.